The molecule has 1 aliphatic heterocycles. The minimum absolute atomic E-state index is 0.00879. The third-order valence-corrected chi connectivity index (χ3v) is 8.00. The van der Waals surface area contributed by atoms with E-state index in [1.54, 1.807) is 19.1 Å². The van der Waals surface area contributed by atoms with Crippen LogP contribution in [0.2, 0.25) is 0 Å². The van der Waals surface area contributed by atoms with E-state index in [2.05, 4.69) is 28.0 Å². The summed E-state index contributed by atoms with van der Waals surface area (Å²) in [5.41, 5.74) is 3.55. The maximum absolute atomic E-state index is 13.0. The normalized spacial score (nSPS) is 17.9. The third-order valence-electron chi connectivity index (χ3n) is 6.23. The number of H-pyrrole nitrogens is 1. The molecule has 152 valence electrons. The molecule has 29 heavy (non-hydrogen) atoms. The molecule has 3 heterocycles. The Morgan fingerprint density at radius 3 is 2.72 bits per heavy atom. The largest absolute Gasteiger partial charge is 0.380 e. The van der Waals surface area contributed by atoms with Crippen molar-refractivity contribution in [3.8, 4) is 0 Å². The van der Waals surface area contributed by atoms with Gasteiger partial charge >= 0.3 is 0 Å². The molecule has 2 aromatic heterocycles. The highest BCUT2D eigenvalue weighted by Gasteiger charge is 2.30. The van der Waals surface area contributed by atoms with Gasteiger partial charge in [0.1, 0.15) is 0 Å². The first-order chi connectivity index (χ1) is 13.9. The average molecular weight is 412 g/mol. The predicted molar refractivity (Wildman–Crippen MR) is 115 cm³/mol. The Morgan fingerprint density at radius 1 is 1.24 bits per heavy atom. The molecule has 0 unspecified atom stereocenters. The van der Waals surface area contributed by atoms with Gasteiger partial charge in [-0.1, -0.05) is 13.8 Å². The van der Waals surface area contributed by atoms with Crippen molar-refractivity contribution in [2.45, 2.75) is 39.7 Å². The molecule has 0 saturated heterocycles. The van der Waals surface area contributed by atoms with Crippen molar-refractivity contribution in [1.82, 2.24) is 14.9 Å². The van der Waals surface area contributed by atoms with Crippen molar-refractivity contribution in [2.24, 2.45) is 5.92 Å². The van der Waals surface area contributed by atoms with E-state index in [9.17, 15) is 13.2 Å². The summed E-state index contributed by atoms with van der Waals surface area (Å²) >= 11 is 0. The lowest BCUT2D eigenvalue weighted by molar-refractivity contribution is 0.607. The Labute approximate surface area is 169 Å². The maximum atomic E-state index is 13.0. The van der Waals surface area contributed by atoms with Crippen molar-refractivity contribution < 1.29 is 8.42 Å². The van der Waals surface area contributed by atoms with Crippen LogP contribution in [-0.2, 0) is 16.4 Å². The van der Waals surface area contributed by atoms with Crippen LogP contribution < -0.4 is 21.4 Å². The van der Waals surface area contributed by atoms with Gasteiger partial charge in [0.15, 0.2) is 9.84 Å². The van der Waals surface area contributed by atoms with E-state index in [1.165, 1.54) is 24.6 Å². The van der Waals surface area contributed by atoms with E-state index >= 15 is 0 Å². The van der Waals surface area contributed by atoms with Crippen LogP contribution in [0.25, 0.3) is 22.3 Å². The van der Waals surface area contributed by atoms with Crippen LogP contribution in [-0.4, -0.2) is 30.3 Å². The quantitative estimate of drug-likeness (QED) is 0.773. The van der Waals surface area contributed by atoms with Gasteiger partial charge < -0.3 is 14.9 Å². The molecule has 0 bridgehead atoms. The zero-order valence-electron chi connectivity index (χ0n) is 16.7. The molecule has 0 atom stereocenters. The smallest absolute Gasteiger partial charge is 0.257 e. The first-order valence-corrected chi connectivity index (χ1v) is 12.0. The number of pyridine rings is 1. The van der Waals surface area contributed by atoms with Crippen LogP contribution in [0.1, 0.15) is 49.8 Å². The number of fused-ring (bicyclic) bond motifs is 2. The highest BCUT2D eigenvalue weighted by atomic mass is 32.2. The fraction of sp³-hybridized carbons (Fsp3) is 0.409. The minimum atomic E-state index is -3.51. The van der Waals surface area contributed by atoms with Gasteiger partial charge in [-0.15, -0.1) is 0 Å². The molecule has 5 rings (SSSR count). The second kappa shape index (κ2) is 6.49. The van der Waals surface area contributed by atoms with Crippen LogP contribution >= 0.6 is 0 Å². The van der Waals surface area contributed by atoms with Gasteiger partial charge in [-0.3, -0.25) is 4.79 Å². The lowest BCUT2D eigenvalue weighted by Crippen LogP contribution is -2.44. The zero-order valence-corrected chi connectivity index (χ0v) is 17.5. The van der Waals surface area contributed by atoms with Crippen LogP contribution in [0, 0.1) is 5.92 Å². The molecule has 2 aromatic rings. The zero-order chi connectivity index (χ0) is 20.3. The van der Waals surface area contributed by atoms with Gasteiger partial charge in [0.25, 0.3) is 5.56 Å². The Hall–Kier alpha value is -2.54. The van der Waals surface area contributed by atoms with Gasteiger partial charge in [-0.2, -0.15) is 0 Å². The summed E-state index contributed by atoms with van der Waals surface area (Å²) < 4.78 is 28.2. The van der Waals surface area contributed by atoms with E-state index in [1.807, 2.05) is 0 Å². The highest BCUT2D eigenvalue weighted by Crippen LogP contribution is 2.32. The third kappa shape index (κ3) is 2.82. The SMILES string of the molecule is CCC1=c2c3c(cn2CC2CC2)C=C(S(=O)(=O)CC)c2cc[nH]c(=O)c2C=3NC1. The van der Waals surface area contributed by atoms with E-state index in [4.69, 9.17) is 0 Å². The lowest BCUT2D eigenvalue weighted by atomic mass is 10.0. The summed E-state index contributed by atoms with van der Waals surface area (Å²) in [6, 6.07) is 1.70. The second-order valence-corrected chi connectivity index (χ2v) is 10.3. The first-order valence-electron chi connectivity index (χ1n) is 10.3. The van der Waals surface area contributed by atoms with E-state index in [0.717, 1.165) is 34.8 Å². The molecule has 0 aromatic carbocycles. The Bertz CT molecular complexity index is 1340. The topological polar surface area (TPSA) is 84.0 Å². The van der Waals surface area contributed by atoms with Crippen molar-refractivity contribution >= 4 is 32.1 Å². The number of nitrogens with one attached hydrogen (secondary N) is 2. The summed E-state index contributed by atoms with van der Waals surface area (Å²) in [5, 5.41) is 5.57. The van der Waals surface area contributed by atoms with Crippen LogP contribution in [0.5, 0.6) is 0 Å². The Kier molecular flexibility index (Phi) is 4.13. The Balaban J connectivity index is 1.96. The average Bonchev–Trinajstić information content (AvgIpc) is 3.47. The first kappa shape index (κ1) is 18.5. The van der Waals surface area contributed by atoms with Crippen LogP contribution in [0.3, 0.4) is 0 Å². The van der Waals surface area contributed by atoms with Crippen molar-refractivity contribution in [1.29, 1.82) is 0 Å². The second-order valence-electron chi connectivity index (χ2n) is 8.10. The minimum Gasteiger partial charge on any atom is -0.380 e. The van der Waals surface area contributed by atoms with Gasteiger partial charge in [-0.05, 0) is 42.9 Å². The Morgan fingerprint density at radius 2 is 2.03 bits per heavy atom. The van der Waals surface area contributed by atoms with Crippen molar-refractivity contribution in [2.75, 3.05) is 12.3 Å². The highest BCUT2D eigenvalue weighted by molar-refractivity contribution is 8.00. The molecule has 2 aliphatic carbocycles. The molecule has 0 amide bonds. The van der Waals surface area contributed by atoms with E-state index in [0.29, 0.717) is 23.6 Å². The van der Waals surface area contributed by atoms with E-state index < -0.39 is 9.84 Å². The fourth-order valence-electron chi connectivity index (χ4n) is 4.49. The summed E-state index contributed by atoms with van der Waals surface area (Å²) in [6.07, 6.45) is 8.77. The van der Waals surface area contributed by atoms with Crippen LogP contribution in [0.4, 0.5) is 0 Å². The summed E-state index contributed by atoms with van der Waals surface area (Å²) in [5.74, 6) is 0.683. The van der Waals surface area contributed by atoms with Gasteiger partial charge in [0.2, 0.25) is 0 Å². The number of aromatic nitrogens is 2. The number of rotatable bonds is 5. The number of hydrogen-bond acceptors (Lipinski definition) is 4. The van der Waals surface area contributed by atoms with E-state index in [-0.39, 0.29) is 16.2 Å². The molecule has 7 heteroatoms. The summed E-state index contributed by atoms with van der Waals surface area (Å²) in [4.78, 5) is 15.9. The number of aromatic amines is 1. The molecule has 6 nitrogen and oxygen atoms in total. The predicted octanol–water partition coefficient (Wildman–Crippen LogP) is 1.15. The monoisotopic (exact) mass is 411 g/mol. The molecule has 0 radical (unpaired) electrons. The molecular weight excluding hydrogens is 386 g/mol. The molecule has 0 spiro atoms. The summed E-state index contributed by atoms with van der Waals surface area (Å²) in [7, 11) is -3.51. The molecule has 2 N–H and O–H groups in total. The van der Waals surface area contributed by atoms with Crippen molar-refractivity contribution in [3.05, 3.63) is 56.1 Å². The number of sulfone groups is 1. The maximum Gasteiger partial charge on any atom is 0.257 e. The summed E-state index contributed by atoms with van der Waals surface area (Å²) in [6.45, 7) is 5.39. The molecule has 1 saturated carbocycles. The molecular formula is C22H25N3O3S. The standard InChI is InChI=1S/C22H25N3O3S/c1-3-14-10-24-20-18-15(12-25(21(14)18)11-13-5-6-13)9-17(29(27,28)4-2)16-7-8-23-22(26)19(16)20/h7-9,12-13,24H,3-6,10-11H2,1-2H3,(H,23,26). The van der Waals surface area contributed by atoms with Gasteiger partial charge in [-0.25, -0.2) is 8.42 Å². The van der Waals surface area contributed by atoms with Gasteiger partial charge in [0, 0.05) is 41.8 Å². The van der Waals surface area contributed by atoms with Gasteiger partial charge in [0.05, 0.1) is 27.3 Å². The molecule has 1 fully saturated rings. The van der Waals surface area contributed by atoms with Crippen molar-refractivity contribution in [3.63, 3.8) is 0 Å². The van der Waals surface area contributed by atoms with Crippen LogP contribution in [0.15, 0.2) is 23.3 Å². The molecule has 3 aliphatic rings. The number of nitrogens with zero attached hydrogens (tertiary/aromatic N) is 1. The lowest BCUT2D eigenvalue weighted by Gasteiger charge is -2.19. The fourth-order valence-corrected chi connectivity index (χ4v) is 5.61. The number of hydrogen-bond donors (Lipinski definition) is 2.